The van der Waals surface area contributed by atoms with Crippen LogP contribution in [0.25, 0.3) is 0 Å². The van der Waals surface area contributed by atoms with Gasteiger partial charge in [-0.1, -0.05) is 20.8 Å². The average molecular weight is 226 g/mol. The van der Waals surface area contributed by atoms with E-state index in [2.05, 4.69) is 43.4 Å². The highest BCUT2D eigenvalue weighted by Crippen LogP contribution is 2.21. The third-order valence-electron chi connectivity index (χ3n) is 2.30. The Morgan fingerprint density at radius 2 is 1.87 bits per heavy atom. The van der Waals surface area contributed by atoms with Gasteiger partial charge in [0.15, 0.2) is 0 Å². The number of rotatable bonds is 4. The van der Waals surface area contributed by atoms with Gasteiger partial charge in [-0.25, -0.2) is 0 Å². The first-order chi connectivity index (χ1) is 7.08. The Balaban J connectivity index is 3.11. The van der Waals surface area contributed by atoms with E-state index in [0.717, 1.165) is 17.1 Å². The van der Waals surface area contributed by atoms with E-state index in [1.807, 2.05) is 6.07 Å². The molecule has 1 atom stereocenters. The highest BCUT2D eigenvalue weighted by atomic mass is 32.1. The molecule has 1 unspecified atom stereocenters. The van der Waals surface area contributed by atoms with Crippen LogP contribution in [-0.2, 0) is 0 Å². The Morgan fingerprint density at radius 1 is 1.27 bits per heavy atom. The molecule has 0 aromatic carbocycles. The van der Waals surface area contributed by atoms with Gasteiger partial charge in [-0.3, -0.25) is 0 Å². The summed E-state index contributed by atoms with van der Waals surface area (Å²) in [6, 6.07) is 2.48. The molecule has 1 aromatic rings. The summed E-state index contributed by atoms with van der Waals surface area (Å²) >= 11 is 4.28. The van der Waals surface area contributed by atoms with Crippen molar-refractivity contribution in [3.05, 3.63) is 17.5 Å². The van der Waals surface area contributed by atoms with Gasteiger partial charge in [-0.05, 0) is 17.7 Å². The van der Waals surface area contributed by atoms with Crippen LogP contribution in [-0.4, -0.2) is 22.8 Å². The fourth-order valence-electron chi connectivity index (χ4n) is 1.19. The van der Waals surface area contributed by atoms with Crippen molar-refractivity contribution in [2.75, 3.05) is 12.9 Å². The SMILES string of the molecule is COc1nc(C(C)C)cc(C(C)CS)n1. The van der Waals surface area contributed by atoms with Crippen LogP contribution in [0.15, 0.2) is 6.07 Å². The van der Waals surface area contributed by atoms with E-state index < -0.39 is 0 Å². The van der Waals surface area contributed by atoms with Gasteiger partial charge in [0.1, 0.15) is 0 Å². The van der Waals surface area contributed by atoms with Crippen LogP contribution in [0, 0.1) is 0 Å². The van der Waals surface area contributed by atoms with Crippen molar-refractivity contribution >= 4 is 12.6 Å². The molecule has 0 aliphatic carbocycles. The normalized spacial score (nSPS) is 12.9. The van der Waals surface area contributed by atoms with E-state index in [0.29, 0.717) is 17.8 Å². The van der Waals surface area contributed by atoms with E-state index in [9.17, 15) is 0 Å². The van der Waals surface area contributed by atoms with E-state index in [1.165, 1.54) is 0 Å². The molecule has 0 amide bonds. The summed E-state index contributed by atoms with van der Waals surface area (Å²) < 4.78 is 5.09. The molecule has 0 saturated carbocycles. The van der Waals surface area contributed by atoms with Gasteiger partial charge >= 0.3 is 6.01 Å². The summed E-state index contributed by atoms with van der Waals surface area (Å²) in [5.41, 5.74) is 2.02. The molecule has 4 heteroatoms. The third-order valence-corrected chi connectivity index (χ3v) is 2.85. The van der Waals surface area contributed by atoms with Crippen LogP contribution in [0.1, 0.15) is 44.0 Å². The molecule has 0 bridgehead atoms. The smallest absolute Gasteiger partial charge is 0.316 e. The highest BCUT2D eigenvalue weighted by Gasteiger charge is 2.11. The van der Waals surface area contributed by atoms with E-state index >= 15 is 0 Å². The number of ether oxygens (including phenoxy) is 1. The molecule has 1 heterocycles. The molecule has 0 fully saturated rings. The summed E-state index contributed by atoms with van der Waals surface area (Å²) in [5.74, 6) is 1.48. The summed E-state index contributed by atoms with van der Waals surface area (Å²) in [7, 11) is 1.59. The van der Waals surface area contributed by atoms with Gasteiger partial charge in [0.2, 0.25) is 0 Å². The maximum absolute atomic E-state index is 5.09. The lowest BCUT2D eigenvalue weighted by molar-refractivity contribution is 0.374. The Kier molecular flexibility index (Phi) is 4.39. The fraction of sp³-hybridized carbons (Fsp3) is 0.636. The van der Waals surface area contributed by atoms with E-state index in [1.54, 1.807) is 7.11 Å². The van der Waals surface area contributed by atoms with E-state index in [4.69, 9.17) is 4.74 Å². The molecule has 84 valence electrons. The standard InChI is InChI=1S/C11H18N2OS/c1-7(2)9-5-10(8(3)6-15)13-11(12-9)14-4/h5,7-8,15H,6H2,1-4H3. The Bertz CT molecular complexity index is 328. The maximum atomic E-state index is 5.09. The number of aromatic nitrogens is 2. The average Bonchev–Trinajstić information content (AvgIpc) is 2.27. The summed E-state index contributed by atoms with van der Waals surface area (Å²) in [6.07, 6.45) is 0. The zero-order valence-corrected chi connectivity index (χ0v) is 10.6. The second-order valence-electron chi connectivity index (χ2n) is 3.94. The first-order valence-electron chi connectivity index (χ1n) is 5.12. The minimum Gasteiger partial charge on any atom is -0.467 e. The lowest BCUT2D eigenvalue weighted by Crippen LogP contribution is -2.05. The molecule has 0 N–H and O–H groups in total. The highest BCUT2D eigenvalue weighted by molar-refractivity contribution is 7.80. The van der Waals surface area contributed by atoms with Gasteiger partial charge in [-0.15, -0.1) is 0 Å². The van der Waals surface area contributed by atoms with Crippen molar-refractivity contribution < 1.29 is 4.74 Å². The predicted molar refractivity (Wildman–Crippen MR) is 64.9 cm³/mol. The van der Waals surface area contributed by atoms with Gasteiger partial charge in [0, 0.05) is 5.92 Å². The second kappa shape index (κ2) is 5.35. The number of hydrogen-bond acceptors (Lipinski definition) is 4. The Morgan fingerprint density at radius 3 is 2.33 bits per heavy atom. The van der Waals surface area contributed by atoms with Crippen LogP contribution >= 0.6 is 12.6 Å². The largest absolute Gasteiger partial charge is 0.467 e. The van der Waals surface area contributed by atoms with Gasteiger partial charge in [0.05, 0.1) is 18.5 Å². The summed E-state index contributed by atoms with van der Waals surface area (Å²) in [5, 5.41) is 0. The number of hydrogen-bond donors (Lipinski definition) is 1. The quantitative estimate of drug-likeness (QED) is 0.802. The second-order valence-corrected chi connectivity index (χ2v) is 4.31. The van der Waals surface area contributed by atoms with Gasteiger partial charge < -0.3 is 4.74 Å². The first-order valence-corrected chi connectivity index (χ1v) is 5.75. The molecule has 0 aliphatic rings. The van der Waals surface area contributed by atoms with Crippen molar-refractivity contribution in [1.29, 1.82) is 0 Å². The Hall–Kier alpha value is -0.770. The third kappa shape index (κ3) is 3.09. The molecular formula is C11H18N2OS. The number of nitrogens with zero attached hydrogens (tertiary/aromatic N) is 2. The summed E-state index contributed by atoms with van der Waals surface area (Å²) in [6.45, 7) is 6.31. The van der Waals surface area contributed by atoms with Crippen molar-refractivity contribution in [1.82, 2.24) is 9.97 Å². The fourth-order valence-corrected chi connectivity index (χ4v) is 1.38. The Labute approximate surface area is 96.7 Å². The van der Waals surface area contributed by atoms with E-state index in [-0.39, 0.29) is 0 Å². The minimum atomic E-state index is 0.322. The number of methoxy groups -OCH3 is 1. The van der Waals surface area contributed by atoms with Crippen LogP contribution in [0.3, 0.4) is 0 Å². The molecule has 0 aliphatic heterocycles. The lowest BCUT2D eigenvalue weighted by atomic mass is 10.1. The van der Waals surface area contributed by atoms with Crippen LogP contribution in [0.5, 0.6) is 6.01 Å². The zero-order valence-electron chi connectivity index (χ0n) is 9.69. The van der Waals surface area contributed by atoms with Gasteiger partial charge in [0.25, 0.3) is 0 Å². The van der Waals surface area contributed by atoms with Crippen molar-refractivity contribution in [3.63, 3.8) is 0 Å². The van der Waals surface area contributed by atoms with Gasteiger partial charge in [-0.2, -0.15) is 22.6 Å². The minimum absolute atomic E-state index is 0.322. The molecule has 0 radical (unpaired) electrons. The molecule has 0 saturated heterocycles. The predicted octanol–water partition coefficient (Wildman–Crippen LogP) is 2.64. The van der Waals surface area contributed by atoms with Crippen LogP contribution in [0.4, 0.5) is 0 Å². The van der Waals surface area contributed by atoms with Crippen molar-refractivity contribution in [3.8, 4) is 6.01 Å². The summed E-state index contributed by atoms with van der Waals surface area (Å²) in [4.78, 5) is 8.63. The topological polar surface area (TPSA) is 35.0 Å². The van der Waals surface area contributed by atoms with Crippen molar-refractivity contribution in [2.45, 2.75) is 32.6 Å². The molecule has 1 rings (SSSR count). The monoisotopic (exact) mass is 226 g/mol. The van der Waals surface area contributed by atoms with Crippen LogP contribution < -0.4 is 4.74 Å². The molecule has 15 heavy (non-hydrogen) atoms. The van der Waals surface area contributed by atoms with Crippen LogP contribution in [0.2, 0.25) is 0 Å². The zero-order chi connectivity index (χ0) is 11.4. The molecule has 0 spiro atoms. The molecule has 1 aromatic heterocycles. The lowest BCUT2D eigenvalue weighted by Gasteiger charge is -2.12. The molecule has 3 nitrogen and oxygen atoms in total. The molecular weight excluding hydrogens is 208 g/mol. The maximum Gasteiger partial charge on any atom is 0.316 e. The number of thiol groups is 1. The first kappa shape index (κ1) is 12.3. The van der Waals surface area contributed by atoms with Crippen molar-refractivity contribution in [2.24, 2.45) is 0 Å².